The van der Waals surface area contributed by atoms with Gasteiger partial charge in [-0.1, -0.05) is 36.4 Å². The number of carbonyl (C=O) groups is 2. The van der Waals surface area contributed by atoms with Crippen molar-refractivity contribution in [3.63, 3.8) is 0 Å². The molecule has 1 N–H and O–H groups in total. The van der Waals surface area contributed by atoms with E-state index in [-0.39, 0.29) is 17.9 Å². The van der Waals surface area contributed by atoms with Crippen molar-refractivity contribution in [2.75, 3.05) is 0 Å². The van der Waals surface area contributed by atoms with Gasteiger partial charge in [0.2, 0.25) is 0 Å². The van der Waals surface area contributed by atoms with Crippen LogP contribution >= 0.6 is 0 Å². The van der Waals surface area contributed by atoms with Gasteiger partial charge in [-0.25, -0.2) is 0 Å². The van der Waals surface area contributed by atoms with Crippen LogP contribution in [0.5, 0.6) is 0 Å². The fourth-order valence-electron chi connectivity index (χ4n) is 2.90. The highest BCUT2D eigenvalue weighted by Crippen LogP contribution is 2.14. The molecule has 0 saturated carbocycles. The number of pyridine rings is 2. The molecule has 1 aromatic carbocycles. The molecule has 2 amide bonds. The minimum absolute atomic E-state index is 0.00534. The van der Waals surface area contributed by atoms with Crippen LogP contribution in [0.3, 0.4) is 0 Å². The van der Waals surface area contributed by atoms with Crippen LogP contribution in [0.15, 0.2) is 73.3 Å². The third-order valence-corrected chi connectivity index (χ3v) is 4.50. The van der Waals surface area contributed by atoms with Gasteiger partial charge in [-0.15, -0.1) is 0 Å². The van der Waals surface area contributed by atoms with Gasteiger partial charge in [0.15, 0.2) is 0 Å². The van der Waals surface area contributed by atoms with E-state index in [0.29, 0.717) is 24.2 Å². The first-order valence-electron chi connectivity index (χ1n) is 9.51. The molecule has 6 heteroatoms. The number of hydrogen-bond acceptors (Lipinski definition) is 4. The lowest BCUT2D eigenvalue weighted by Gasteiger charge is -2.27. The number of rotatable bonds is 7. The largest absolute Gasteiger partial charge is 0.348 e. The van der Waals surface area contributed by atoms with Gasteiger partial charge in [-0.3, -0.25) is 19.6 Å². The van der Waals surface area contributed by atoms with Crippen molar-refractivity contribution < 1.29 is 9.59 Å². The molecule has 2 aromatic heterocycles. The third kappa shape index (κ3) is 5.48. The molecule has 3 aromatic rings. The molecular formula is C23H24N4O2. The Morgan fingerprint density at radius 3 is 2.34 bits per heavy atom. The predicted molar refractivity (Wildman–Crippen MR) is 111 cm³/mol. The summed E-state index contributed by atoms with van der Waals surface area (Å²) in [7, 11) is 0. The molecule has 0 bridgehead atoms. The van der Waals surface area contributed by atoms with Crippen molar-refractivity contribution in [3.05, 3.63) is 95.6 Å². The molecular weight excluding hydrogens is 364 g/mol. The average Bonchev–Trinajstić information content (AvgIpc) is 2.76. The fraction of sp³-hybridized carbons (Fsp3) is 0.217. The van der Waals surface area contributed by atoms with Crippen molar-refractivity contribution in [2.45, 2.75) is 33.0 Å². The van der Waals surface area contributed by atoms with Crippen molar-refractivity contribution in [1.82, 2.24) is 20.2 Å². The Morgan fingerprint density at radius 1 is 0.931 bits per heavy atom. The van der Waals surface area contributed by atoms with Crippen LogP contribution in [0.2, 0.25) is 0 Å². The molecule has 0 radical (unpaired) electrons. The Morgan fingerprint density at radius 2 is 1.66 bits per heavy atom. The summed E-state index contributed by atoms with van der Waals surface area (Å²) in [6.45, 7) is 4.79. The highest BCUT2D eigenvalue weighted by atomic mass is 16.2. The van der Waals surface area contributed by atoms with Gasteiger partial charge >= 0.3 is 0 Å². The summed E-state index contributed by atoms with van der Waals surface area (Å²) >= 11 is 0. The van der Waals surface area contributed by atoms with E-state index >= 15 is 0 Å². The summed E-state index contributed by atoms with van der Waals surface area (Å²) in [5, 5.41) is 2.83. The van der Waals surface area contributed by atoms with Crippen LogP contribution in [0, 0.1) is 0 Å². The zero-order valence-electron chi connectivity index (χ0n) is 16.6. The van der Waals surface area contributed by atoms with E-state index in [9.17, 15) is 9.59 Å². The molecule has 3 rings (SSSR count). The summed E-state index contributed by atoms with van der Waals surface area (Å²) in [5.74, 6) is -0.437. The van der Waals surface area contributed by atoms with Gasteiger partial charge in [-0.05, 0) is 37.1 Å². The second-order valence-corrected chi connectivity index (χ2v) is 7.02. The van der Waals surface area contributed by atoms with Crippen molar-refractivity contribution in [3.8, 4) is 0 Å². The van der Waals surface area contributed by atoms with E-state index < -0.39 is 0 Å². The van der Waals surface area contributed by atoms with E-state index in [2.05, 4.69) is 15.3 Å². The van der Waals surface area contributed by atoms with Gasteiger partial charge < -0.3 is 10.2 Å². The standard InChI is InChI=1S/C23H24N4O2/c1-17(2)27(16-18-7-4-3-5-8-18)23(29)21-11-20(14-25-15-21)22(28)26-13-19-9-6-10-24-12-19/h3-12,14-15,17H,13,16H2,1-2H3,(H,26,28). The monoisotopic (exact) mass is 388 g/mol. The van der Waals surface area contributed by atoms with Crippen LogP contribution in [0.1, 0.15) is 45.7 Å². The SMILES string of the molecule is CC(C)N(Cc1ccccc1)C(=O)c1cncc(C(=O)NCc2cccnc2)c1. The zero-order chi connectivity index (χ0) is 20.6. The fourth-order valence-corrected chi connectivity index (χ4v) is 2.90. The lowest BCUT2D eigenvalue weighted by atomic mass is 10.1. The quantitative estimate of drug-likeness (QED) is 0.673. The minimum Gasteiger partial charge on any atom is -0.348 e. The van der Waals surface area contributed by atoms with Crippen molar-refractivity contribution in [2.24, 2.45) is 0 Å². The molecule has 0 spiro atoms. The topological polar surface area (TPSA) is 75.2 Å². The van der Waals surface area contributed by atoms with E-state index in [1.54, 1.807) is 23.4 Å². The van der Waals surface area contributed by atoms with Gasteiger partial charge in [0.25, 0.3) is 11.8 Å². The van der Waals surface area contributed by atoms with Crippen LogP contribution in [0.4, 0.5) is 0 Å². The second kappa shape index (κ2) is 9.59. The maximum absolute atomic E-state index is 13.1. The number of nitrogens with zero attached hydrogens (tertiary/aromatic N) is 3. The summed E-state index contributed by atoms with van der Waals surface area (Å²) in [6, 6.07) is 15.1. The zero-order valence-corrected chi connectivity index (χ0v) is 16.6. The Bertz CT molecular complexity index is 959. The first-order valence-corrected chi connectivity index (χ1v) is 9.51. The lowest BCUT2D eigenvalue weighted by Crippen LogP contribution is -2.36. The molecule has 0 fully saturated rings. The van der Waals surface area contributed by atoms with Gasteiger partial charge in [0, 0.05) is 43.9 Å². The highest BCUT2D eigenvalue weighted by Gasteiger charge is 2.20. The second-order valence-electron chi connectivity index (χ2n) is 7.02. The van der Waals surface area contributed by atoms with Crippen LogP contribution in [0.25, 0.3) is 0 Å². The van der Waals surface area contributed by atoms with Crippen LogP contribution < -0.4 is 5.32 Å². The molecule has 0 atom stereocenters. The van der Waals surface area contributed by atoms with E-state index in [1.807, 2.05) is 56.3 Å². The molecule has 148 valence electrons. The molecule has 0 saturated heterocycles. The summed E-state index contributed by atoms with van der Waals surface area (Å²) in [4.78, 5) is 35.5. The average molecular weight is 388 g/mol. The Kier molecular flexibility index (Phi) is 6.68. The smallest absolute Gasteiger partial charge is 0.255 e. The minimum atomic E-state index is -0.282. The van der Waals surface area contributed by atoms with E-state index in [1.165, 1.54) is 12.4 Å². The maximum atomic E-state index is 13.1. The Balaban J connectivity index is 1.72. The first kappa shape index (κ1) is 20.2. The summed E-state index contributed by atoms with van der Waals surface area (Å²) in [5.41, 5.74) is 2.69. The third-order valence-electron chi connectivity index (χ3n) is 4.50. The van der Waals surface area contributed by atoms with E-state index in [4.69, 9.17) is 0 Å². The number of carbonyl (C=O) groups excluding carboxylic acids is 2. The van der Waals surface area contributed by atoms with Crippen molar-refractivity contribution >= 4 is 11.8 Å². The van der Waals surface area contributed by atoms with Gasteiger partial charge in [0.1, 0.15) is 0 Å². The number of amides is 2. The Labute approximate surface area is 170 Å². The number of hydrogen-bond donors (Lipinski definition) is 1. The van der Waals surface area contributed by atoms with Crippen molar-refractivity contribution in [1.29, 1.82) is 0 Å². The van der Waals surface area contributed by atoms with E-state index in [0.717, 1.165) is 11.1 Å². The van der Waals surface area contributed by atoms with Gasteiger partial charge in [0.05, 0.1) is 11.1 Å². The Hall–Kier alpha value is -3.54. The van der Waals surface area contributed by atoms with Gasteiger partial charge in [-0.2, -0.15) is 0 Å². The molecule has 2 heterocycles. The molecule has 6 nitrogen and oxygen atoms in total. The van der Waals surface area contributed by atoms with Crippen LogP contribution in [-0.2, 0) is 13.1 Å². The lowest BCUT2D eigenvalue weighted by molar-refractivity contribution is 0.0690. The summed E-state index contributed by atoms with van der Waals surface area (Å²) in [6.07, 6.45) is 6.34. The number of benzene rings is 1. The number of nitrogens with one attached hydrogen (secondary N) is 1. The first-order chi connectivity index (χ1) is 14.0. The summed E-state index contributed by atoms with van der Waals surface area (Å²) < 4.78 is 0. The highest BCUT2D eigenvalue weighted by molar-refractivity contribution is 5.99. The molecule has 29 heavy (non-hydrogen) atoms. The normalized spacial score (nSPS) is 10.6. The molecule has 0 aliphatic rings. The predicted octanol–water partition coefficient (Wildman–Crippen LogP) is 3.46. The number of aromatic nitrogens is 2. The molecule has 0 unspecified atom stereocenters. The maximum Gasteiger partial charge on any atom is 0.255 e. The molecule has 0 aliphatic carbocycles. The molecule has 0 aliphatic heterocycles. The van der Waals surface area contributed by atoms with Crippen LogP contribution in [-0.4, -0.2) is 32.7 Å².